The van der Waals surface area contributed by atoms with Crippen LogP contribution in [0.15, 0.2) is 22.7 Å². The summed E-state index contributed by atoms with van der Waals surface area (Å²) >= 11 is 3.27. The highest BCUT2D eigenvalue weighted by atomic mass is 79.9. The van der Waals surface area contributed by atoms with Crippen molar-refractivity contribution in [3.63, 3.8) is 0 Å². The first-order chi connectivity index (χ1) is 7.66. The minimum atomic E-state index is -0.375. The summed E-state index contributed by atoms with van der Waals surface area (Å²) in [6.07, 6.45) is 2.26. The van der Waals surface area contributed by atoms with Gasteiger partial charge < -0.3 is 5.32 Å². The van der Waals surface area contributed by atoms with Gasteiger partial charge in [0.1, 0.15) is 0 Å². The van der Waals surface area contributed by atoms with Gasteiger partial charge in [-0.1, -0.05) is 25.5 Å². The van der Waals surface area contributed by atoms with Crippen molar-refractivity contribution in [1.29, 1.82) is 0 Å². The first-order valence-corrected chi connectivity index (χ1v) is 6.08. The number of hydrogen-bond donors (Lipinski definition) is 1. The SMILES string of the molecule is CCCCNCc1cccc([N+](=O)[O-])c1Br. The van der Waals surface area contributed by atoms with Crippen molar-refractivity contribution in [3.8, 4) is 0 Å². The Bertz CT molecular complexity index is 369. The van der Waals surface area contributed by atoms with E-state index < -0.39 is 0 Å². The van der Waals surface area contributed by atoms with Crippen molar-refractivity contribution in [2.24, 2.45) is 0 Å². The van der Waals surface area contributed by atoms with E-state index in [1.807, 2.05) is 6.07 Å². The fourth-order valence-corrected chi connectivity index (χ4v) is 1.92. The molecule has 0 unspecified atom stereocenters. The quantitative estimate of drug-likeness (QED) is 0.496. The third kappa shape index (κ3) is 3.57. The monoisotopic (exact) mass is 286 g/mol. The molecule has 0 spiro atoms. The van der Waals surface area contributed by atoms with Crippen LogP contribution in [0.4, 0.5) is 5.69 Å². The second kappa shape index (κ2) is 6.60. The molecule has 0 aromatic heterocycles. The molecule has 0 saturated heterocycles. The van der Waals surface area contributed by atoms with Gasteiger partial charge in [-0.3, -0.25) is 10.1 Å². The lowest BCUT2D eigenvalue weighted by Gasteiger charge is -2.06. The standard InChI is InChI=1S/C11H15BrN2O2/c1-2-3-7-13-8-9-5-4-6-10(11(9)12)14(15)16/h4-6,13H,2-3,7-8H2,1H3. The third-order valence-electron chi connectivity index (χ3n) is 2.28. The Hall–Kier alpha value is -0.940. The van der Waals surface area contributed by atoms with Gasteiger partial charge in [0.05, 0.1) is 9.40 Å². The predicted molar refractivity (Wildman–Crippen MR) is 67.4 cm³/mol. The van der Waals surface area contributed by atoms with Crippen molar-refractivity contribution in [2.45, 2.75) is 26.3 Å². The van der Waals surface area contributed by atoms with E-state index in [-0.39, 0.29) is 10.6 Å². The van der Waals surface area contributed by atoms with Crippen LogP contribution in [0.25, 0.3) is 0 Å². The molecule has 16 heavy (non-hydrogen) atoms. The van der Waals surface area contributed by atoms with Crippen molar-refractivity contribution in [1.82, 2.24) is 5.32 Å². The average molecular weight is 287 g/mol. The molecule has 5 heteroatoms. The number of nitrogens with one attached hydrogen (secondary N) is 1. The smallest absolute Gasteiger partial charge is 0.283 e. The topological polar surface area (TPSA) is 55.2 Å². The number of unbranched alkanes of at least 4 members (excludes halogenated alkanes) is 1. The van der Waals surface area contributed by atoms with Crippen molar-refractivity contribution >= 4 is 21.6 Å². The van der Waals surface area contributed by atoms with Crippen LogP contribution in [0, 0.1) is 10.1 Å². The lowest BCUT2D eigenvalue weighted by atomic mass is 10.2. The summed E-state index contributed by atoms with van der Waals surface area (Å²) in [5.74, 6) is 0. The maximum Gasteiger partial charge on any atom is 0.283 e. The molecule has 0 heterocycles. The summed E-state index contributed by atoms with van der Waals surface area (Å²) in [4.78, 5) is 10.3. The zero-order valence-electron chi connectivity index (χ0n) is 9.20. The van der Waals surface area contributed by atoms with E-state index in [4.69, 9.17) is 0 Å². The van der Waals surface area contributed by atoms with E-state index in [1.54, 1.807) is 6.07 Å². The Balaban J connectivity index is 2.66. The molecule has 4 nitrogen and oxygen atoms in total. The van der Waals surface area contributed by atoms with E-state index in [1.165, 1.54) is 6.07 Å². The van der Waals surface area contributed by atoms with E-state index in [2.05, 4.69) is 28.2 Å². The van der Waals surface area contributed by atoms with Crippen LogP contribution in [-0.2, 0) is 6.54 Å². The molecule has 0 radical (unpaired) electrons. The molecular formula is C11H15BrN2O2. The van der Waals surface area contributed by atoms with E-state index in [9.17, 15) is 10.1 Å². The highest BCUT2D eigenvalue weighted by Gasteiger charge is 2.13. The van der Waals surface area contributed by atoms with Gasteiger partial charge in [0, 0.05) is 12.6 Å². The molecule has 0 saturated carbocycles. The van der Waals surface area contributed by atoms with Crippen LogP contribution in [0.5, 0.6) is 0 Å². The normalized spacial score (nSPS) is 10.4. The molecule has 0 amide bonds. The summed E-state index contributed by atoms with van der Waals surface area (Å²) in [6.45, 7) is 3.72. The van der Waals surface area contributed by atoms with Crippen LogP contribution < -0.4 is 5.32 Å². The van der Waals surface area contributed by atoms with E-state index in [0.717, 1.165) is 24.9 Å². The summed E-state index contributed by atoms with van der Waals surface area (Å²) in [5, 5.41) is 14.0. The molecule has 0 bridgehead atoms. The van der Waals surface area contributed by atoms with Gasteiger partial charge in [-0.25, -0.2) is 0 Å². The number of halogens is 1. The van der Waals surface area contributed by atoms with Gasteiger partial charge in [-0.05, 0) is 34.5 Å². The highest BCUT2D eigenvalue weighted by molar-refractivity contribution is 9.10. The molecule has 1 rings (SSSR count). The zero-order valence-corrected chi connectivity index (χ0v) is 10.8. The highest BCUT2D eigenvalue weighted by Crippen LogP contribution is 2.27. The molecule has 0 atom stereocenters. The largest absolute Gasteiger partial charge is 0.313 e. The van der Waals surface area contributed by atoms with Crippen LogP contribution in [-0.4, -0.2) is 11.5 Å². The molecule has 1 aromatic carbocycles. The van der Waals surface area contributed by atoms with Crippen LogP contribution >= 0.6 is 15.9 Å². The molecule has 1 N–H and O–H groups in total. The number of rotatable bonds is 6. The fourth-order valence-electron chi connectivity index (χ4n) is 1.37. The first kappa shape index (κ1) is 13.1. The fraction of sp³-hybridized carbons (Fsp3) is 0.455. The van der Waals surface area contributed by atoms with Crippen LogP contribution in [0.3, 0.4) is 0 Å². The van der Waals surface area contributed by atoms with Gasteiger partial charge in [0.25, 0.3) is 5.69 Å². The van der Waals surface area contributed by atoms with Gasteiger partial charge in [0.15, 0.2) is 0 Å². The van der Waals surface area contributed by atoms with Gasteiger partial charge in [0.2, 0.25) is 0 Å². The first-order valence-electron chi connectivity index (χ1n) is 5.29. The molecule has 0 fully saturated rings. The number of nitro groups is 1. The zero-order chi connectivity index (χ0) is 12.0. The van der Waals surface area contributed by atoms with Crippen LogP contribution in [0.1, 0.15) is 25.3 Å². The molecular weight excluding hydrogens is 272 g/mol. The van der Waals surface area contributed by atoms with Gasteiger partial charge in [-0.2, -0.15) is 0 Å². The minimum Gasteiger partial charge on any atom is -0.313 e. The number of hydrogen-bond acceptors (Lipinski definition) is 3. The van der Waals surface area contributed by atoms with Crippen molar-refractivity contribution in [2.75, 3.05) is 6.54 Å². The molecule has 1 aromatic rings. The maximum absolute atomic E-state index is 10.7. The maximum atomic E-state index is 10.7. The second-order valence-corrected chi connectivity index (χ2v) is 4.33. The Morgan fingerprint density at radius 2 is 2.25 bits per heavy atom. The summed E-state index contributed by atoms with van der Waals surface area (Å²) in [7, 11) is 0. The Morgan fingerprint density at radius 3 is 2.88 bits per heavy atom. The number of nitrogens with zero attached hydrogens (tertiary/aromatic N) is 1. The summed E-state index contributed by atoms with van der Waals surface area (Å²) in [5.41, 5.74) is 1.04. The van der Waals surface area contributed by atoms with Crippen LogP contribution in [0.2, 0.25) is 0 Å². The van der Waals surface area contributed by atoms with Gasteiger partial charge >= 0.3 is 0 Å². The molecule has 0 aliphatic carbocycles. The van der Waals surface area contributed by atoms with E-state index >= 15 is 0 Å². The lowest BCUT2D eigenvalue weighted by Crippen LogP contribution is -2.14. The molecule has 0 aliphatic heterocycles. The average Bonchev–Trinajstić information content (AvgIpc) is 2.26. The van der Waals surface area contributed by atoms with E-state index in [0.29, 0.717) is 11.0 Å². The summed E-state index contributed by atoms with van der Waals surface area (Å²) in [6, 6.07) is 5.09. The summed E-state index contributed by atoms with van der Waals surface area (Å²) < 4.78 is 0.573. The van der Waals surface area contributed by atoms with Gasteiger partial charge in [-0.15, -0.1) is 0 Å². The Morgan fingerprint density at radius 1 is 1.50 bits per heavy atom. The Kier molecular flexibility index (Phi) is 5.42. The molecule has 88 valence electrons. The second-order valence-electron chi connectivity index (χ2n) is 3.54. The van der Waals surface area contributed by atoms with Crippen molar-refractivity contribution < 1.29 is 4.92 Å². The third-order valence-corrected chi connectivity index (χ3v) is 3.19. The number of nitro benzene ring substituents is 1. The lowest BCUT2D eigenvalue weighted by molar-refractivity contribution is -0.385. The molecule has 0 aliphatic rings. The van der Waals surface area contributed by atoms with Crippen molar-refractivity contribution in [3.05, 3.63) is 38.3 Å². The Labute approximate surface area is 103 Å². The predicted octanol–water partition coefficient (Wildman–Crippen LogP) is 3.25. The number of benzene rings is 1. The minimum absolute atomic E-state index is 0.120.